The zero-order chi connectivity index (χ0) is 20.1. The van der Waals surface area contributed by atoms with Crippen LogP contribution in [0.4, 0.5) is 21.6 Å². The molecule has 2 aromatic carbocycles. The van der Waals surface area contributed by atoms with Gasteiger partial charge in [0.05, 0.1) is 12.4 Å². The van der Waals surface area contributed by atoms with Crippen molar-refractivity contribution < 1.29 is 9.18 Å². The Morgan fingerprint density at radius 3 is 2.34 bits per heavy atom. The molecule has 0 atom stereocenters. The summed E-state index contributed by atoms with van der Waals surface area (Å²) in [5.74, 6) is -0.0722. The van der Waals surface area contributed by atoms with E-state index in [2.05, 4.69) is 37.6 Å². The molecule has 2 N–H and O–H groups in total. The first kappa shape index (κ1) is 18.9. The Morgan fingerprint density at radius 1 is 0.966 bits per heavy atom. The van der Waals surface area contributed by atoms with Crippen LogP contribution >= 0.6 is 0 Å². The zero-order valence-corrected chi connectivity index (χ0v) is 15.9. The van der Waals surface area contributed by atoms with Crippen LogP contribution in [0.2, 0.25) is 0 Å². The van der Waals surface area contributed by atoms with E-state index in [9.17, 15) is 9.18 Å². The van der Waals surface area contributed by atoms with E-state index in [1.54, 1.807) is 12.1 Å². The van der Waals surface area contributed by atoms with Crippen molar-refractivity contribution in [2.75, 3.05) is 23.3 Å². The number of anilines is 3. The third kappa shape index (κ3) is 4.87. The molecule has 148 valence electrons. The summed E-state index contributed by atoms with van der Waals surface area (Å²) in [4.78, 5) is 23.0. The highest BCUT2D eigenvalue weighted by Crippen LogP contribution is 2.23. The van der Waals surface area contributed by atoms with Gasteiger partial charge in [-0.3, -0.25) is 4.79 Å². The summed E-state index contributed by atoms with van der Waals surface area (Å²) >= 11 is 0. The van der Waals surface area contributed by atoms with E-state index in [1.807, 2.05) is 12.1 Å². The number of halogens is 1. The van der Waals surface area contributed by atoms with Gasteiger partial charge in [-0.25, -0.2) is 14.4 Å². The third-order valence-electron chi connectivity index (χ3n) is 4.86. The molecule has 0 bridgehead atoms. The lowest BCUT2D eigenvalue weighted by Gasteiger charge is -2.17. The summed E-state index contributed by atoms with van der Waals surface area (Å²) in [6.07, 6.45) is 5.46. The Kier molecular flexibility index (Phi) is 5.65. The highest BCUT2D eigenvalue weighted by atomic mass is 19.1. The smallest absolute Gasteiger partial charge is 0.271 e. The molecular weight excluding hydrogens is 369 g/mol. The van der Waals surface area contributed by atoms with Crippen LogP contribution in [0.3, 0.4) is 0 Å². The van der Waals surface area contributed by atoms with E-state index < -0.39 is 0 Å². The van der Waals surface area contributed by atoms with Gasteiger partial charge in [-0.15, -0.1) is 0 Å². The molecule has 7 heteroatoms. The van der Waals surface area contributed by atoms with Crippen molar-refractivity contribution in [2.24, 2.45) is 0 Å². The molecule has 1 aliphatic rings. The van der Waals surface area contributed by atoms with Crippen molar-refractivity contribution in [1.29, 1.82) is 0 Å². The highest BCUT2D eigenvalue weighted by molar-refractivity contribution is 5.92. The number of hydrogen-bond acceptors (Lipinski definition) is 5. The van der Waals surface area contributed by atoms with Crippen LogP contribution in [0.1, 0.15) is 28.9 Å². The number of nitrogens with one attached hydrogen (secondary N) is 2. The fourth-order valence-electron chi connectivity index (χ4n) is 3.26. The van der Waals surface area contributed by atoms with E-state index in [0.29, 0.717) is 12.4 Å². The molecule has 1 fully saturated rings. The Hall–Kier alpha value is -3.48. The summed E-state index contributed by atoms with van der Waals surface area (Å²) in [7, 11) is 0. The summed E-state index contributed by atoms with van der Waals surface area (Å²) in [6, 6.07) is 14.2. The minimum absolute atomic E-state index is 0.224. The fraction of sp³-hybridized carbons (Fsp3) is 0.227. The normalized spacial score (nSPS) is 13.3. The predicted octanol–water partition coefficient (Wildman–Crippen LogP) is 3.89. The summed E-state index contributed by atoms with van der Waals surface area (Å²) < 4.78 is 12.9. The lowest BCUT2D eigenvalue weighted by Crippen LogP contribution is -2.24. The van der Waals surface area contributed by atoms with Crippen molar-refractivity contribution in [1.82, 2.24) is 15.3 Å². The topological polar surface area (TPSA) is 70.2 Å². The number of nitrogens with zero attached hydrogens (tertiary/aromatic N) is 3. The van der Waals surface area contributed by atoms with Gasteiger partial charge in [0.1, 0.15) is 17.3 Å². The number of carbonyl (C=O) groups is 1. The Bertz CT molecular complexity index is 952. The molecule has 1 aromatic heterocycles. The molecule has 4 rings (SSSR count). The molecule has 0 spiro atoms. The number of hydrogen-bond donors (Lipinski definition) is 2. The molecule has 1 aliphatic heterocycles. The second kappa shape index (κ2) is 8.68. The van der Waals surface area contributed by atoms with Gasteiger partial charge in [0.2, 0.25) is 0 Å². The minimum atomic E-state index is -0.330. The first-order chi connectivity index (χ1) is 14.2. The second-order valence-corrected chi connectivity index (χ2v) is 6.96. The van der Waals surface area contributed by atoms with Gasteiger partial charge in [-0.05, 0) is 54.8 Å². The third-order valence-corrected chi connectivity index (χ3v) is 4.86. The van der Waals surface area contributed by atoms with E-state index >= 15 is 0 Å². The van der Waals surface area contributed by atoms with Crippen LogP contribution in [0.5, 0.6) is 0 Å². The van der Waals surface area contributed by atoms with Gasteiger partial charge in [0, 0.05) is 31.0 Å². The van der Waals surface area contributed by atoms with Crippen molar-refractivity contribution in [3.8, 4) is 0 Å². The molecular formula is C22H22FN5O. The SMILES string of the molecule is O=C(NCc1ccc(F)cc1)c1cnc(Nc2ccc(N3CCCC3)cc2)cn1. The Balaban J connectivity index is 1.32. The van der Waals surface area contributed by atoms with Crippen molar-refractivity contribution in [3.05, 3.63) is 78.0 Å². The number of aromatic nitrogens is 2. The predicted molar refractivity (Wildman–Crippen MR) is 111 cm³/mol. The average Bonchev–Trinajstić information content (AvgIpc) is 3.29. The first-order valence-corrected chi connectivity index (χ1v) is 9.64. The molecule has 2 heterocycles. The number of benzene rings is 2. The van der Waals surface area contributed by atoms with E-state index in [-0.39, 0.29) is 17.4 Å². The van der Waals surface area contributed by atoms with E-state index in [4.69, 9.17) is 0 Å². The van der Waals surface area contributed by atoms with Crippen LogP contribution < -0.4 is 15.5 Å². The van der Waals surface area contributed by atoms with Gasteiger partial charge in [-0.2, -0.15) is 0 Å². The quantitative estimate of drug-likeness (QED) is 0.667. The molecule has 1 saturated heterocycles. The molecule has 0 aliphatic carbocycles. The first-order valence-electron chi connectivity index (χ1n) is 9.64. The van der Waals surface area contributed by atoms with Crippen LogP contribution in [0, 0.1) is 5.82 Å². The van der Waals surface area contributed by atoms with Crippen molar-refractivity contribution in [3.63, 3.8) is 0 Å². The summed E-state index contributed by atoms with van der Waals surface area (Å²) in [6.45, 7) is 2.52. The van der Waals surface area contributed by atoms with Crippen molar-refractivity contribution in [2.45, 2.75) is 19.4 Å². The van der Waals surface area contributed by atoms with Gasteiger partial charge in [0.15, 0.2) is 0 Å². The van der Waals surface area contributed by atoms with Gasteiger partial charge >= 0.3 is 0 Å². The van der Waals surface area contributed by atoms with Gasteiger partial charge in [0.25, 0.3) is 5.91 Å². The molecule has 0 unspecified atom stereocenters. The van der Waals surface area contributed by atoms with Crippen LogP contribution in [-0.2, 0) is 6.54 Å². The summed E-state index contributed by atoms with van der Waals surface area (Å²) in [5, 5.41) is 5.94. The molecule has 6 nitrogen and oxygen atoms in total. The lowest BCUT2D eigenvalue weighted by atomic mass is 10.2. The Morgan fingerprint density at radius 2 is 1.69 bits per heavy atom. The Labute approximate surface area is 168 Å². The molecule has 0 saturated carbocycles. The van der Waals surface area contributed by atoms with Gasteiger partial charge in [-0.1, -0.05) is 12.1 Å². The van der Waals surface area contributed by atoms with E-state index in [0.717, 1.165) is 24.3 Å². The average molecular weight is 391 g/mol. The number of rotatable bonds is 6. The zero-order valence-electron chi connectivity index (χ0n) is 15.9. The van der Waals surface area contributed by atoms with E-state index in [1.165, 1.54) is 43.1 Å². The fourth-order valence-corrected chi connectivity index (χ4v) is 3.26. The van der Waals surface area contributed by atoms with Gasteiger partial charge < -0.3 is 15.5 Å². The van der Waals surface area contributed by atoms with Crippen LogP contribution in [0.15, 0.2) is 60.9 Å². The number of carbonyl (C=O) groups excluding carboxylic acids is 1. The molecule has 29 heavy (non-hydrogen) atoms. The van der Waals surface area contributed by atoms with Crippen LogP contribution in [0.25, 0.3) is 0 Å². The molecule has 3 aromatic rings. The second-order valence-electron chi connectivity index (χ2n) is 6.96. The van der Waals surface area contributed by atoms with Crippen molar-refractivity contribution >= 4 is 23.1 Å². The monoisotopic (exact) mass is 391 g/mol. The lowest BCUT2D eigenvalue weighted by molar-refractivity contribution is 0.0945. The maximum absolute atomic E-state index is 12.9. The summed E-state index contributed by atoms with van der Waals surface area (Å²) in [5.41, 5.74) is 3.17. The minimum Gasteiger partial charge on any atom is -0.372 e. The molecule has 0 radical (unpaired) electrons. The maximum atomic E-state index is 12.9. The number of amides is 1. The molecule has 1 amide bonds. The highest BCUT2D eigenvalue weighted by Gasteiger charge is 2.12. The largest absolute Gasteiger partial charge is 0.372 e. The standard InChI is InChI=1S/C22H22FN5O/c23-17-5-3-16(4-6-17)13-26-22(29)20-14-25-21(15-24-20)27-18-7-9-19(10-8-18)28-11-1-2-12-28/h3-10,14-15H,1-2,11-13H2,(H,25,27)(H,26,29). The maximum Gasteiger partial charge on any atom is 0.271 e. The van der Waals surface area contributed by atoms with Crippen LogP contribution in [-0.4, -0.2) is 29.0 Å².